The van der Waals surface area contributed by atoms with E-state index in [2.05, 4.69) is 32.9 Å². The standard InChI is InChI=1S/C26H28FN5O/c1-30(2)23(33)14-32-17-5-6-18(32)11-15(10-17)25-21-13-31(3)22-7-4-16(27)12-20(22)19-8-9-28-26(29-25)24(19)21/h4,7-10,12,17-18H,5-6,11,13-14H2,1-3H3,(H,28,29)/t17-,18+/m1/s1. The number of hydrogen-bond donors (Lipinski definition) is 1. The molecule has 2 atom stereocenters. The fraction of sp³-hybridized carbons (Fsp3) is 0.385. The Balaban J connectivity index is 1.45. The van der Waals surface area contributed by atoms with Crippen LogP contribution in [0, 0.1) is 5.82 Å². The Morgan fingerprint density at radius 3 is 2.88 bits per heavy atom. The van der Waals surface area contributed by atoms with Gasteiger partial charge in [0.2, 0.25) is 5.91 Å². The Morgan fingerprint density at radius 2 is 2.09 bits per heavy atom. The number of likely N-dealkylation sites (N-methyl/N-ethyl adjacent to an activating group) is 1. The number of nitrogens with one attached hydrogen (secondary N) is 1. The highest BCUT2D eigenvalue weighted by atomic mass is 19.1. The van der Waals surface area contributed by atoms with E-state index in [0.717, 1.165) is 59.3 Å². The summed E-state index contributed by atoms with van der Waals surface area (Å²) in [6.07, 6.45) is 7.26. The van der Waals surface area contributed by atoms with Crippen molar-refractivity contribution in [1.29, 1.82) is 0 Å². The van der Waals surface area contributed by atoms with Gasteiger partial charge in [-0.25, -0.2) is 9.37 Å². The fourth-order valence-corrected chi connectivity index (χ4v) is 5.86. The second-order valence-electron chi connectivity index (χ2n) is 9.73. The van der Waals surface area contributed by atoms with Crippen LogP contribution in [0.1, 0.15) is 30.5 Å². The minimum Gasteiger partial charge on any atom is -0.370 e. The first kappa shape index (κ1) is 20.4. The summed E-state index contributed by atoms with van der Waals surface area (Å²) in [4.78, 5) is 26.8. The van der Waals surface area contributed by atoms with E-state index in [4.69, 9.17) is 0 Å². The second-order valence-corrected chi connectivity index (χ2v) is 9.73. The summed E-state index contributed by atoms with van der Waals surface area (Å²) in [7, 11) is 5.70. The lowest BCUT2D eigenvalue weighted by molar-refractivity contribution is -0.130. The van der Waals surface area contributed by atoms with Gasteiger partial charge in [-0.2, -0.15) is 0 Å². The van der Waals surface area contributed by atoms with Crippen molar-refractivity contribution in [3.8, 4) is 11.1 Å². The van der Waals surface area contributed by atoms with Crippen LogP contribution in [0.15, 0.2) is 36.5 Å². The summed E-state index contributed by atoms with van der Waals surface area (Å²) in [5, 5.41) is 1.09. The zero-order valence-electron chi connectivity index (χ0n) is 19.2. The van der Waals surface area contributed by atoms with Gasteiger partial charge in [-0.3, -0.25) is 9.69 Å². The molecule has 6 rings (SSSR count). The van der Waals surface area contributed by atoms with E-state index < -0.39 is 0 Å². The van der Waals surface area contributed by atoms with Gasteiger partial charge in [-0.1, -0.05) is 6.08 Å². The van der Waals surface area contributed by atoms with Gasteiger partial charge in [0.05, 0.1) is 6.54 Å². The van der Waals surface area contributed by atoms with E-state index in [1.807, 2.05) is 26.2 Å². The quantitative estimate of drug-likeness (QED) is 0.662. The number of nitrogens with zero attached hydrogens (tertiary/aromatic N) is 4. The van der Waals surface area contributed by atoms with Crippen molar-refractivity contribution in [3.63, 3.8) is 0 Å². The van der Waals surface area contributed by atoms with Crippen LogP contribution in [0.5, 0.6) is 0 Å². The van der Waals surface area contributed by atoms with Crippen molar-refractivity contribution in [2.45, 2.75) is 37.9 Å². The van der Waals surface area contributed by atoms with Crippen molar-refractivity contribution in [2.75, 3.05) is 32.6 Å². The molecule has 1 N–H and O–H groups in total. The topological polar surface area (TPSA) is 55.5 Å². The molecule has 6 nitrogen and oxygen atoms in total. The molecule has 0 aliphatic carbocycles. The minimum absolute atomic E-state index is 0.154. The average molecular weight is 446 g/mol. The molecule has 3 aliphatic rings. The monoisotopic (exact) mass is 445 g/mol. The molecule has 0 radical (unpaired) electrons. The first-order valence-electron chi connectivity index (χ1n) is 11.6. The molecule has 1 saturated heterocycles. The molecule has 0 spiro atoms. The normalized spacial score (nSPS) is 21.7. The summed E-state index contributed by atoms with van der Waals surface area (Å²) in [6.45, 7) is 1.20. The largest absolute Gasteiger partial charge is 0.370 e. The number of benzene rings is 1. The average Bonchev–Trinajstić information content (AvgIpc) is 3.21. The SMILES string of the molecule is CN(C)C(=O)CN1[C@H]2CC[C@@H]1C=C(c1[nH]c3nccc4c3c1CN(C)c1ccc(F)cc1-4)C2. The maximum absolute atomic E-state index is 14.2. The molecule has 0 unspecified atom stereocenters. The predicted octanol–water partition coefficient (Wildman–Crippen LogP) is 4.03. The summed E-state index contributed by atoms with van der Waals surface area (Å²) >= 11 is 0. The lowest BCUT2D eigenvalue weighted by Crippen LogP contribution is -2.44. The van der Waals surface area contributed by atoms with E-state index >= 15 is 0 Å². The molecule has 5 heterocycles. The van der Waals surface area contributed by atoms with Crippen LogP contribution in [-0.4, -0.2) is 65.4 Å². The summed E-state index contributed by atoms with van der Waals surface area (Å²) in [5.41, 5.74) is 7.46. The molecule has 1 amide bonds. The van der Waals surface area contributed by atoms with Crippen molar-refractivity contribution in [2.24, 2.45) is 0 Å². The maximum Gasteiger partial charge on any atom is 0.236 e. The zero-order chi connectivity index (χ0) is 22.9. The number of aromatic amines is 1. The van der Waals surface area contributed by atoms with Crippen LogP contribution >= 0.6 is 0 Å². The van der Waals surface area contributed by atoms with Crippen molar-refractivity contribution < 1.29 is 9.18 Å². The molecular formula is C26H28FN5O. The zero-order valence-corrected chi connectivity index (χ0v) is 19.2. The summed E-state index contributed by atoms with van der Waals surface area (Å²) in [6, 6.07) is 7.67. The highest BCUT2D eigenvalue weighted by Gasteiger charge is 2.39. The van der Waals surface area contributed by atoms with Gasteiger partial charge >= 0.3 is 0 Å². The molecule has 3 aromatic rings. The van der Waals surface area contributed by atoms with Gasteiger partial charge < -0.3 is 14.8 Å². The molecule has 3 aliphatic heterocycles. The van der Waals surface area contributed by atoms with E-state index in [1.54, 1.807) is 17.2 Å². The first-order chi connectivity index (χ1) is 15.9. The molecule has 1 aromatic carbocycles. The number of halogens is 1. The third-order valence-electron chi connectivity index (χ3n) is 7.53. The summed E-state index contributed by atoms with van der Waals surface area (Å²) < 4.78 is 14.2. The Labute approximate surface area is 192 Å². The number of anilines is 1. The molecule has 170 valence electrons. The number of aromatic nitrogens is 2. The summed E-state index contributed by atoms with van der Waals surface area (Å²) in [5.74, 6) is -0.0772. The third-order valence-corrected chi connectivity index (χ3v) is 7.53. The van der Waals surface area contributed by atoms with Gasteiger partial charge in [-0.15, -0.1) is 0 Å². The number of carbonyl (C=O) groups is 1. The van der Waals surface area contributed by atoms with Crippen LogP contribution in [0.4, 0.5) is 10.1 Å². The highest BCUT2D eigenvalue weighted by molar-refractivity contribution is 6.02. The van der Waals surface area contributed by atoms with Gasteiger partial charge in [0.25, 0.3) is 0 Å². The van der Waals surface area contributed by atoms with Gasteiger partial charge in [0.1, 0.15) is 11.5 Å². The van der Waals surface area contributed by atoms with Gasteiger partial charge in [0.15, 0.2) is 0 Å². The number of amides is 1. The van der Waals surface area contributed by atoms with Crippen LogP contribution in [0.2, 0.25) is 0 Å². The molecule has 7 heteroatoms. The predicted molar refractivity (Wildman–Crippen MR) is 128 cm³/mol. The van der Waals surface area contributed by atoms with E-state index in [0.29, 0.717) is 12.6 Å². The van der Waals surface area contributed by atoms with Crippen molar-refractivity contribution in [1.82, 2.24) is 19.8 Å². The second kappa shape index (κ2) is 7.42. The van der Waals surface area contributed by atoms with Crippen LogP contribution in [0.3, 0.4) is 0 Å². The van der Waals surface area contributed by atoms with Crippen LogP contribution < -0.4 is 4.90 Å². The Bertz CT molecular complexity index is 1310. The molecule has 1 fully saturated rings. The third kappa shape index (κ3) is 3.17. The van der Waals surface area contributed by atoms with Crippen molar-refractivity contribution >= 4 is 28.2 Å². The highest BCUT2D eigenvalue weighted by Crippen LogP contribution is 2.45. The van der Waals surface area contributed by atoms with Crippen LogP contribution in [-0.2, 0) is 11.3 Å². The van der Waals surface area contributed by atoms with Gasteiger partial charge in [0, 0.05) is 73.9 Å². The lowest BCUT2D eigenvalue weighted by Gasteiger charge is -2.34. The van der Waals surface area contributed by atoms with Gasteiger partial charge in [-0.05, 0) is 54.7 Å². The Kier molecular flexibility index (Phi) is 4.59. The lowest BCUT2D eigenvalue weighted by atomic mass is 9.94. The molecule has 2 aromatic heterocycles. The first-order valence-corrected chi connectivity index (χ1v) is 11.6. The number of fused-ring (bicyclic) bond motifs is 4. The number of rotatable bonds is 3. The Morgan fingerprint density at radius 1 is 1.24 bits per heavy atom. The number of H-pyrrole nitrogens is 1. The Hall–Kier alpha value is -3.19. The fourth-order valence-electron chi connectivity index (χ4n) is 5.86. The number of pyridine rings is 1. The number of carbonyl (C=O) groups excluding carboxylic acids is 1. The molecule has 33 heavy (non-hydrogen) atoms. The maximum atomic E-state index is 14.2. The molecular weight excluding hydrogens is 417 g/mol. The van der Waals surface area contributed by atoms with Crippen molar-refractivity contribution in [3.05, 3.63) is 53.6 Å². The van der Waals surface area contributed by atoms with Crippen LogP contribution in [0.25, 0.3) is 27.7 Å². The molecule has 0 saturated carbocycles. The molecule has 2 bridgehead atoms. The van der Waals surface area contributed by atoms with E-state index in [9.17, 15) is 9.18 Å². The smallest absolute Gasteiger partial charge is 0.236 e. The number of hydrogen-bond acceptors (Lipinski definition) is 4. The van der Waals surface area contributed by atoms with E-state index in [-0.39, 0.29) is 17.8 Å². The van der Waals surface area contributed by atoms with E-state index in [1.165, 1.54) is 17.2 Å². The minimum atomic E-state index is -0.231.